The average molecular weight is 257 g/mol. The first-order chi connectivity index (χ1) is 9.08. The summed E-state index contributed by atoms with van der Waals surface area (Å²) in [6.07, 6.45) is 2.02. The largest absolute Gasteiger partial charge is 0.476 e. The summed E-state index contributed by atoms with van der Waals surface area (Å²) in [6.45, 7) is 4.00. The van der Waals surface area contributed by atoms with E-state index in [2.05, 4.69) is 10.3 Å². The fourth-order valence-corrected chi connectivity index (χ4v) is 2.29. The van der Waals surface area contributed by atoms with Crippen molar-refractivity contribution in [2.24, 2.45) is 0 Å². The molecule has 0 aliphatic heterocycles. The maximum absolute atomic E-state index is 11.2. The second-order valence-corrected chi connectivity index (χ2v) is 5.10. The molecule has 5 nitrogen and oxygen atoms in total. The number of aromatic nitrogens is 3. The lowest BCUT2D eigenvalue weighted by atomic mass is 10.1. The second kappa shape index (κ2) is 4.19. The molecule has 19 heavy (non-hydrogen) atoms. The van der Waals surface area contributed by atoms with Crippen LogP contribution in [-0.4, -0.2) is 26.1 Å². The zero-order valence-electron chi connectivity index (χ0n) is 10.9. The smallest absolute Gasteiger partial charge is 0.358 e. The zero-order chi connectivity index (χ0) is 13.6. The number of carbonyl (C=O) groups is 1. The Morgan fingerprint density at radius 2 is 2.11 bits per heavy atom. The summed E-state index contributed by atoms with van der Waals surface area (Å²) >= 11 is 0. The van der Waals surface area contributed by atoms with Crippen molar-refractivity contribution >= 4 is 5.97 Å². The number of aromatic carboxylic acids is 1. The van der Waals surface area contributed by atoms with E-state index in [9.17, 15) is 9.90 Å². The highest BCUT2D eigenvalue weighted by molar-refractivity contribution is 5.87. The van der Waals surface area contributed by atoms with Crippen molar-refractivity contribution < 1.29 is 9.90 Å². The van der Waals surface area contributed by atoms with E-state index >= 15 is 0 Å². The Morgan fingerprint density at radius 3 is 2.74 bits per heavy atom. The van der Waals surface area contributed by atoms with E-state index in [0.717, 1.165) is 35.3 Å². The molecule has 1 saturated carbocycles. The highest BCUT2D eigenvalue weighted by Gasteiger charge is 2.34. The summed E-state index contributed by atoms with van der Waals surface area (Å²) in [7, 11) is 0. The maximum Gasteiger partial charge on any atom is 0.358 e. The van der Waals surface area contributed by atoms with Crippen LogP contribution in [0.1, 0.15) is 46.1 Å². The van der Waals surface area contributed by atoms with Crippen LogP contribution in [0.5, 0.6) is 0 Å². The fraction of sp³-hybridized carbons (Fsp3) is 0.357. The van der Waals surface area contributed by atoms with Gasteiger partial charge in [0.1, 0.15) is 0 Å². The van der Waals surface area contributed by atoms with Gasteiger partial charge in [0.05, 0.1) is 11.4 Å². The van der Waals surface area contributed by atoms with Gasteiger partial charge < -0.3 is 5.11 Å². The lowest BCUT2D eigenvalue weighted by Gasteiger charge is -2.10. The third-order valence-corrected chi connectivity index (χ3v) is 3.46. The lowest BCUT2D eigenvalue weighted by Crippen LogP contribution is -2.07. The number of carboxylic acid groups (broad SMARTS) is 1. The van der Waals surface area contributed by atoms with E-state index in [1.54, 1.807) is 4.68 Å². The van der Waals surface area contributed by atoms with Gasteiger partial charge >= 0.3 is 5.97 Å². The predicted octanol–water partition coefficient (Wildman–Crippen LogP) is 2.46. The highest BCUT2D eigenvalue weighted by Crippen LogP contribution is 2.42. The first-order valence-corrected chi connectivity index (χ1v) is 6.34. The van der Waals surface area contributed by atoms with Gasteiger partial charge in [0.15, 0.2) is 5.69 Å². The number of nitrogens with zero attached hydrogens (tertiary/aromatic N) is 3. The summed E-state index contributed by atoms with van der Waals surface area (Å²) < 4.78 is 1.70. The molecule has 0 bridgehead atoms. The Kier molecular flexibility index (Phi) is 2.62. The molecule has 0 spiro atoms. The Morgan fingerprint density at radius 1 is 1.37 bits per heavy atom. The fourth-order valence-electron chi connectivity index (χ4n) is 2.29. The minimum absolute atomic E-state index is 0.0865. The van der Waals surface area contributed by atoms with Gasteiger partial charge in [0.25, 0.3) is 0 Å². The van der Waals surface area contributed by atoms with Crippen molar-refractivity contribution in [3.8, 4) is 5.69 Å². The van der Waals surface area contributed by atoms with Gasteiger partial charge in [-0.3, -0.25) is 0 Å². The van der Waals surface area contributed by atoms with Crippen LogP contribution in [0.3, 0.4) is 0 Å². The molecule has 1 aliphatic rings. The van der Waals surface area contributed by atoms with E-state index in [0.29, 0.717) is 0 Å². The van der Waals surface area contributed by atoms with Crippen LogP contribution in [0.4, 0.5) is 0 Å². The normalized spacial score (nSPS) is 14.6. The van der Waals surface area contributed by atoms with Crippen LogP contribution in [-0.2, 0) is 0 Å². The van der Waals surface area contributed by atoms with Crippen LogP contribution in [0.2, 0.25) is 0 Å². The highest BCUT2D eigenvalue weighted by atomic mass is 16.4. The summed E-state index contributed by atoms with van der Waals surface area (Å²) in [5, 5.41) is 17.1. The van der Waals surface area contributed by atoms with E-state index in [1.807, 2.05) is 32.0 Å². The number of aryl methyl sites for hydroxylation is 2. The topological polar surface area (TPSA) is 68.0 Å². The molecule has 0 amide bonds. The van der Waals surface area contributed by atoms with Crippen LogP contribution >= 0.6 is 0 Å². The molecule has 0 unspecified atom stereocenters. The van der Waals surface area contributed by atoms with Gasteiger partial charge in [0.2, 0.25) is 0 Å². The minimum Gasteiger partial charge on any atom is -0.476 e. The van der Waals surface area contributed by atoms with Crippen molar-refractivity contribution in [1.29, 1.82) is 0 Å². The molecule has 2 aromatic rings. The molecule has 3 rings (SSSR count). The zero-order valence-corrected chi connectivity index (χ0v) is 10.9. The van der Waals surface area contributed by atoms with Crippen LogP contribution in [0.15, 0.2) is 18.2 Å². The second-order valence-electron chi connectivity index (χ2n) is 5.10. The van der Waals surface area contributed by atoms with Crippen molar-refractivity contribution in [3.05, 3.63) is 40.7 Å². The monoisotopic (exact) mass is 257 g/mol. The molecule has 1 aromatic heterocycles. The predicted molar refractivity (Wildman–Crippen MR) is 69.8 cm³/mol. The van der Waals surface area contributed by atoms with Gasteiger partial charge in [0, 0.05) is 5.92 Å². The molecular weight excluding hydrogens is 242 g/mol. The molecule has 5 heteroatoms. The number of benzene rings is 1. The molecule has 0 saturated heterocycles. The molecule has 0 radical (unpaired) electrons. The molecule has 1 aromatic carbocycles. The van der Waals surface area contributed by atoms with Gasteiger partial charge in [-0.2, -0.15) is 0 Å². The Hall–Kier alpha value is -2.17. The van der Waals surface area contributed by atoms with E-state index in [1.165, 1.54) is 0 Å². The lowest BCUT2D eigenvalue weighted by molar-refractivity contribution is 0.0689. The van der Waals surface area contributed by atoms with Crippen molar-refractivity contribution in [3.63, 3.8) is 0 Å². The quantitative estimate of drug-likeness (QED) is 0.917. The standard InChI is InChI=1S/C14H15N3O2/c1-8-3-4-9(2)11(7-8)17-13(10-5-6-10)12(14(18)19)15-16-17/h3-4,7,10H,5-6H2,1-2H3,(H,18,19). The van der Waals surface area contributed by atoms with Gasteiger partial charge in [-0.1, -0.05) is 17.3 Å². The maximum atomic E-state index is 11.2. The van der Waals surface area contributed by atoms with E-state index in [4.69, 9.17) is 0 Å². The molecule has 98 valence electrons. The van der Waals surface area contributed by atoms with Crippen molar-refractivity contribution in [2.45, 2.75) is 32.6 Å². The molecule has 1 aliphatic carbocycles. The average Bonchev–Trinajstić information content (AvgIpc) is 3.11. The number of hydrogen-bond acceptors (Lipinski definition) is 3. The van der Waals surface area contributed by atoms with E-state index in [-0.39, 0.29) is 11.6 Å². The number of carboxylic acids is 1. The third-order valence-electron chi connectivity index (χ3n) is 3.46. The van der Waals surface area contributed by atoms with Crippen LogP contribution < -0.4 is 0 Å². The van der Waals surface area contributed by atoms with Crippen molar-refractivity contribution in [2.75, 3.05) is 0 Å². The van der Waals surface area contributed by atoms with Gasteiger partial charge in [-0.05, 0) is 43.9 Å². The Labute approximate surface area is 110 Å². The van der Waals surface area contributed by atoms with Gasteiger partial charge in [-0.25, -0.2) is 9.48 Å². The summed E-state index contributed by atoms with van der Waals surface area (Å²) in [4.78, 5) is 11.2. The number of hydrogen-bond donors (Lipinski definition) is 1. The molecule has 1 N–H and O–H groups in total. The SMILES string of the molecule is Cc1ccc(C)c(-n2nnc(C(=O)O)c2C2CC2)c1. The Bertz CT molecular complexity index is 657. The molecular formula is C14H15N3O2. The first-order valence-electron chi connectivity index (χ1n) is 6.34. The molecule has 0 atom stereocenters. The first kappa shape index (κ1) is 11.9. The summed E-state index contributed by atoms with van der Waals surface area (Å²) in [5.41, 5.74) is 3.93. The van der Waals surface area contributed by atoms with Crippen LogP contribution in [0.25, 0.3) is 5.69 Å². The van der Waals surface area contributed by atoms with E-state index < -0.39 is 5.97 Å². The van der Waals surface area contributed by atoms with Crippen molar-refractivity contribution in [1.82, 2.24) is 15.0 Å². The molecule has 1 heterocycles. The molecule has 1 fully saturated rings. The van der Waals surface area contributed by atoms with Gasteiger partial charge in [-0.15, -0.1) is 5.10 Å². The summed E-state index contributed by atoms with van der Waals surface area (Å²) in [6, 6.07) is 6.07. The Balaban J connectivity index is 2.20. The van der Waals surface area contributed by atoms with Crippen LogP contribution in [0, 0.1) is 13.8 Å². The third kappa shape index (κ3) is 2.01. The summed E-state index contributed by atoms with van der Waals surface area (Å²) in [5.74, 6) is -0.723. The number of rotatable bonds is 3. The minimum atomic E-state index is -1.00.